The average molecular weight is 276 g/mol. The van der Waals surface area contributed by atoms with E-state index in [1.165, 1.54) is 51.9 Å². The van der Waals surface area contributed by atoms with Crippen molar-refractivity contribution in [2.24, 2.45) is 0 Å². The molecule has 2 atom stereocenters. The summed E-state index contributed by atoms with van der Waals surface area (Å²) in [6, 6.07) is 0.664. The molecule has 1 unspecified atom stereocenters. The maximum atomic E-state index is 5.77. The third kappa shape index (κ3) is 3.72. The molecule has 2 aliphatic heterocycles. The van der Waals surface area contributed by atoms with E-state index >= 15 is 0 Å². The number of allylic oxidation sites excluding steroid dienone is 3. The van der Waals surface area contributed by atoms with Crippen LogP contribution in [-0.4, -0.2) is 61.3 Å². The van der Waals surface area contributed by atoms with Gasteiger partial charge in [0.25, 0.3) is 0 Å². The maximum absolute atomic E-state index is 5.77. The third-order valence-electron chi connectivity index (χ3n) is 4.84. The molecule has 0 bridgehead atoms. The third-order valence-corrected chi connectivity index (χ3v) is 4.84. The normalized spacial score (nSPS) is 32.5. The summed E-state index contributed by atoms with van der Waals surface area (Å²) in [7, 11) is 0. The predicted molar refractivity (Wildman–Crippen MR) is 82.9 cm³/mol. The summed E-state index contributed by atoms with van der Waals surface area (Å²) in [5, 5.41) is 0. The van der Waals surface area contributed by atoms with Crippen LogP contribution in [0, 0.1) is 0 Å². The fourth-order valence-corrected chi connectivity index (χ4v) is 3.59. The number of piperazine rings is 1. The molecule has 1 aliphatic carbocycles. The van der Waals surface area contributed by atoms with Crippen LogP contribution in [0.4, 0.5) is 0 Å². The van der Waals surface area contributed by atoms with E-state index in [0.29, 0.717) is 12.1 Å². The minimum Gasteiger partial charge on any atom is -0.377 e. The second-order valence-corrected chi connectivity index (χ2v) is 6.51. The number of ether oxygens (including phenoxy) is 1. The van der Waals surface area contributed by atoms with Gasteiger partial charge in [0, 0.05) is 45.4 Å². The van der Waals surface area contributed by atoms with E-state index in [0.717, 1.165) is 13.2 Å². The number of nitrogens with zero attached hydrogens (tertiary/aromatic N) is 2. The van der Waals surface area contributed by atoms with E-state index in [9.17, 15) is 0 Å². The zero-order chi connectivity index (χ0) is 13.8. The molecule has 0 amide bonds. The molecule has 0 spiro atoms. The van der Waals surface area contributed by atoms with Crippen LogP contribution >= 0.6 is 0 Å². The second kappa shape index (κ2) is 6.88. The van der Waals surface area contributed by atoms with E-state index in [1.54, 1.807) is 5.57 Å². The van der Waals surface area contributed by atoms with Crippen LogP contribution in [-0.2, 0) is 4.74 Å². The van der Waals surface area contributed by atoms with Crippen molar-refractivity contribution in [1.29, 1.82) is 0 Å². The fourth-order valence-electron chi connectivity index (χ4n) is 3.59. The highest BCUT2D eigenvalue weighted by atomic mass is 16.5. The van der Waals surface area contributed by atoms with Crippen LogP contribution in [0.3, 0.4) is 0 Å². The van der Waals surface area contributed by atoms with Crippen molar-refractivity contribution in [2.75, 3.05) is 39.3 Å². The van der Waals surface area contributed by atoms with Crippen molar-refractivity contribution in [3.8, 4) is 0 Å². The van der Waals surface area contributed by atoms with Gasteiger partial charge in [-0.25, -0.2) is 0 Å². The number of hydrogen-bond acceptors (Lipinski definition) is 3. The quantitative estimate of drug-likeness (QED) is 0.784. The molecule has 0 aromatic heterocycles. The van der Waals surface area contributed by atoms with Crippen molar-refractivity contribution in [3.05, 3.63) is 23.8 Å². The molecule has 20 heavy (non-hydrogen) atoms. The Hall–Kier alpha value is -0.640. The number of rotatable bonds is 4. The van der Waals surface area contributed by atoms with Gasteiger partial charge in [0.15, 0.2) is 0 Å². The molecule has 2 heterocycles. The Morgan fingerprint density at radius 2 is 2.30 bits per heavy atom. The van der Waals surface area contributed by atoms with Gasteiger partial charge in [0.1, 0.15) is 0 Å². The maximum Gasteiger partial charge on any atom is 0.0702 e. The zero-order valence-electron chi connectivity index (χ0n) is 12.8. The summed E-state index contributed by atoms with van der Waals surface area (Å²) in [5.41, 5.74) is 1.60. The van der Waals surface area contributed by atoms with Crippen LogP contribution < -0.4 is 0 Å². The van der Waals surface area contributed by atoms with E-state index in [4.69, 9.17) is 4.74 Å². The van der Waals surface area contributed by atoms with E-state index in [2.05, 4.69) is 35.0 Å². The summed E-state index contributed by atoms with van der Waals surface area (Å²) in [6.07, 6.45) is 12.3. The first kappa shape index (κ1) is 14.3. The molecule has 3 nitrogen and oxygen atoms in total. The molecule has 3 rings (SSSR count). The van der Waals surface area contributed by atoms with Gasteiger partial charge >= 0.3 is 0 Å². The second-order valence-electron chi connectivity index (χ2n) is 6.51. The molecule has 112 valence electrons. The fraction of sp³-hybridized carbons (Fsp3) is 0.765. The Labute approximate surface area is 123 Å². The molecule has 0 aromatic rings. The average Bonchev–Trinajstić information content (AvgIpc) is 2.96. The molecular formula is C17H28N2O. The minimum absolute atomic E-state index is 0.500. The minimum atomic E-state index is 0.500. The van der Waals surface area contributed by atoms with Crippen molar-refractivity contribution in [1.82, 2.24) is 9.80 Å². The van der Waals surface area contributed by atoms with Crippen LogP contribution in [0.2, 0.25) is 0 Å². The van der Waals surface area contributed by atoms with Crippen LogP contribution in [0.5, 0.6) is 0 Å². The molecule has 3 aliphatic rings. The lowest BCUT2D eigenvalue weighted by Gasteiger charge is -2.41. The van der Waals surface area contributed by atoms with Crippen molar-refractivity contribution >= 4 is 0 Å². The SMILES string of the molecule is C[C@H]1CN(CC2CCCO2)CCN1CC1=CC=CCC1. The van der Waals surface area contributed by atoms with Crippen LogP contribution in [0.15, 0.2) is 23.8 Å². The first-order chi connectivity index (χ1) is 9.81. The predicted octanol–water partition coefficient (Wildman–Crippen LogP) is 2.45. The molecule has 3 heteroatoms. The highest BCUT2D eigenvalue weighted by Crippen LogP contribution is 2.19. The van der Waals surface area contributed by atoms with Crippen molar-refractivity contribution in [3.63, 3.8) is 0 Å². The summed E-state index contributed by atoms with van der Waals surface area (Å²) in [5.74, 6) is 0. The molecule has 0 radical (unpaired) electrons. The van der Waals surface area contributed by atoms with Gasteiger partial charge in [-0.15, -0.1) is 0 Å². The smallest absolute Gasteiger partial charge is 0.0702 e. The molecular weight excluding hydrogens is 248 g/mol. The van der Waals surface area contributed by atoms with E-state index < -0.39 is 0 Å². The Balaban J connectivity index is 1.46. The summed E-state index contributed by atoms with van der Waals surface area (Å²) in [6.45, 7) is 9.26. The summed E-state index contributed by atoms with van der Waals surface area (Å²) >= 11 is 0. The molecule has 0 N–H and O–H groups in total. The lowest BCUT2D eigenvalue weighted by molar-refractivity contribution is 0.0345. The lowest BCUT2D eigenvalue weighted by atomic mass is 10.0. The van der Waals surface area contributed by atoms with Crippen molar-refractivity contribution in [2.45, 2.75) is 44.8 Å². The Morgan fingerprint density at radius 3 is 3.00 bits per heavy atom. The molecule has 0 saturated carbocycles. The summed E-state index contributed by atoms with van der Waals surface area (Å²) < 4.78 is 5.77. The highest BCUT2D eigenvalue weighted by Gasteiger charge is 2.27. The Bertz CT molecular complexity index is 371. The van der Waals surface area contributed by atoms with Gasteiger partial charge in [0.05, 0.1) is 6.10 Å². The van der Waals surface area contributed by atoms with Crippen molar-refractivity contribution < 1.29 is 4.74 Å². The van der Waals surface area contributed by atoms with Gasteiger partial charge in [-0.2, -0.15) is 0 Å². The van der Waals surface area contributed by atoms with E-state index in [-0.39, 0.29) is 0 Å². The van der Waals surface area contributed by atoms with Gasteiger partial charge < -0.3 is 4.74 Å². The Morgan fingerprint density at radius 1 is 1.35 bits per heavy atom. The standard InChI is InChI=1S/C17H28N2O/c1-15-12-18(14-17-8-5-11-20-17)9-10-19(15)13-16-6-3-2-4-7-16/h2-3,6,15,17H,4-5,7-14H2,1H3/t15-,17?/m0/s1. The Kier molecular flexibility index (Phi) is 4.92. The monoisotopic (exact) mass is 276 g/mol. The lowest BCUT2D eigenvalue weighted by Crippen LogP contribution is -2.53. The first-order valence-electron chi connectivity index (χ1n) is 8.24. The highest BCUT2D eigenvalue weighted by molar-refractivity contribution is 5.19. The largest absolute Gasteiger partial charge is 0.377 e. The van der Waals surface area contributed by atoms with Crippen LogP contribution in [0.1, 0.15) is 32.6 Å². The topological polar surface area (TPSA) is 15.7 Å². The molecule has 2 fully saturated rings. The zero-order valence-corrected chi connectivity index (χ0v) is 12.8. The van der Waals surface area contributed by atoms with Gasteiger partial charge in [-0.3, -0.25) is 9.80 Å². The number of hydrogen-bond donors (Lipinski definition) is 0. The van der Waals surface area contributed by atoms with Gasteiger partial charge in [0.2, 0.25) is 0 Å². The first-order valence-corrected chi connectivity index (χ1v) is 8.24. The van der Waals surface area contributed by atoms with E-state index in [1.807, 2.05) is 0 Å². The van der Waals surface area contributed by atoms with Crippen LogP contribution in [0.25, 0.3) is 0 Å². The van der Waals surface area contributed by atoms with Gasteiger partial charge in [-0.05, 0) is 32.6 Å². The van der Waals surface area contributed by atoms with Gasteiger partial charge in [-0.1, -0.05) is 23.8 Å². The molecule has 2 saturated heterocycles. The summed E-state index contributed by atoms with van der Waals surface area (Å²) in [4.78, 5) is 5.25. The molecule has 0 aromatic carbocycles.